The van der Waals surface area contributed by atoms with Crippen molar-refractivity contribution < 1.29 is 9.59 Å². The second-order valence-electron chi connectivity index (χ2n) is 7.50. The summed E-state index contributed by atoms with van der Waals surface area (Å²) in [6.45, 7) is 4.08. The quantitative estimate of drug-likeness (QED) is 0.190. The van der Waals surface area contributed by atoms with Gasteiger partial charge in [0.25, 0.3) is 11.5 Å². The van der Waals surface area contributed by atoms with Crippen LogP contribution in [0.2, 0.25) is 0 Å². The summed E-state index contributed by atoms with van der Waals surface area (Å²) < 4.78 is 1.58. The zero-order valence-corrected chi connectivity index (χ0v) is 19.2. The van der Waals surface area contributed by atoms with Crippen LogP contribution in [0.3, 0.4) is 0 Å². The third kappa shape index (κ3) is 4.78. The van der Waals surface area contributed by atoms with E-state index in [1.165, 1.54) is 23.1 Å². The standard InChI is InChI=1S/C23H24N4O3S2/c1-2-13-27-22(30)19-16-11-7-4-8-12-17(16)32-21(19)24-23(27)31-14-18(28)25-26-20(29)15-9-5-3-6-10-15/h2-3,5-6,9-10H,1,4,7-8,11-14H2,(H,25,28)(H,26,29). The molecule has 2 amide bonds. The van der Waals surface area contributed by atoms with Crippen molar-refractivity contribution in [3.8, 4) is 0 Å². The van der Waals surface area contributed by atoms with Gasteiger partial charge in [-0.3, -0.25) is 29.8 Å². The SMILES string of the molecule is C=CCn1c(SCC(=O)NNC(=O)c2ccccc2)nc2sc3c(c2c1=O)CCCCC3. The van der Waals surface area contributed by atoms with Crippen LogP contribution in [0.25, 0.3) is 10.2 Å². The predicted octanol–water partition coefficient (Wildman–Crippen LogP) is 3.47. The summed E-state index contributed by atoms with van der Waals surface area (Å²) >= 11 is 2.76. The number of hydrogen-bond acceptors (Lipinski definition) is 6. The smallest absolute Gasteiger partial charge is 0.269 e. The number of hydrogen-bond donors (Lipinski definition) is 2. The van der Waals surface area contributed by atoms with Crippen molar-refractivity contribution in [2.75, 3.05) is 5.75 Å². The highest BCUT2D eigenvalue weighted by molar-refractivity contribution is 7.99. The maximum atomic E-state index is 13.3. The van der Waals surface area contributed by atoms with Gasteiger partial charge in [0.15, 0.2) is 5.16 Å². The fraction of sp³-hybridized carbons (Fsp3) is 0.304. The van der Waals surface area contributed by atoms with E-state index >= 15 is 0 Å². The van der Waals surface area contributed by atoms with Gasteiger partial charge in [-0.1, -0.05) is 42.5 Å². The van der Waals surface area contributed by atoms with Gasteiger partial charge in [0, 0.05) is 17.0 Å². The van der Waals surface area contributed by atoms with Crippen molar-refractivity contribution >= 4 is 45.1 Å². The number of rotatable bonds is 6. The van der Waals surface area contributed by atoms with E-state index in [1.807, 2.05) is 6.07 Å². The van der Waals surface area contributed by atoms with E-state index < -0.39 is 5.91 Å². The lowest BCUT2D eigenvalue weighted by molar-refractivity contribution is -0.119. The Morgan fingerprint density at radius 2 is 1.94 bits per heavy atom. The van der Waals surface area contributed by atoms with Crippen molar-refractivity contribution in [3.05, 3.63) is 69.3 Å². The molecule has 166 valence electrons. The largest absolute Gasteiger partial charge is 0.283 e. The maximum absolute atomic E-state index is 13.3. The summed E-state index contributed by atoms with van der Waals surface area (Å²) in [5.41, 5.74) is 6.33. The van der Waals surface area contributed by atoms with Crippen LogP contribution < -0.4 is 16.4 Å². The van der Waals surface area contributed by atoms with Crippen molar-refractivity contribution in [2.24, 2.45) is 0 Å². The lowest BCUT2D eigenvalue weighted by Crippen LogP contribution is -2.42. The number of thiophene rings is 1. The first-order chi connectivity index (χ1) is 15.6. The van der Waals surface area contributed by atoms with E-state index in [9.17, 15) is 14.4 Å². The van der Waals surface area contributed by atoms with Gasteiger partial charge in [-0.2, -0.15) is 0 Å². The zero-order valence-electron chi connectivity index (χ0n) is 17.6. The normalized spacial score (nSPS) is 13.2. The Kier molecular flexibility index (Phi) is 7.06. The van der Waals surface area contributed by atoms with Crippen LogP contribution in [0.1, 0.15) is 40.1 Å². The fourth-order valence-corrected chi connectivity index (χ4v) is 5.86. The summed E-state index contributed by atoms with van der Waals surface area (Å²) in [5, 5.41) is 1.20. The second-order valence-corrected chi connectivity index (χ2v) is 9.53. The van der Waals surface area contributed by atoms with E-state index in [0.29, 0.717) is 17.3 Å². The van der Waals surface area contributed by atoms with Crippen LogP contribution in [-0.2, 0) is 24.2 Å². The molecule has 3 aromatic rings. The Balaban J connectivity index is 1.50. The lowest BCUT2D eigenvalue weighted by atomic mass is 10.1. The molecule has 1 aliphatic carbocycles. The minimum absolute atomic E-state index is 0.00918. The molecule has 0 spiro atoms. The average molecular weight is 469 g/mol. The summed E-state index contributed by atoms with van der Waals surface area (Å²) in [5.74, 6) is -0.775. The molecule has 2 N–H and O–H groups in total. The van der Waals surface area contributed by atoms with Crippen LogP contribution >= 0.6 is 23.1 Å². The number of allylic oxidation sites excluding steroid dienone is 1. The first-order valence-corrected chi connectivity index (χ1v) is 12.3. The van der Waals surface area contributed by atoms with Crippen molar-refractivity contribution in [2.45, 2.75) is 43.8 Å². The number of aryl methyl sites for hydroxylation is 2. The third-order valence-corrected chi connectivity index (χ3v) is 7.45. The number of carbonyl (C=O) groups excluding carboxylic acids is 2. The first-order valence-electron chi connectivity index (χ1n) is 10.5. The van der Waals surface area contributed by atoms with E-state index in [4.69, 9.17) is 4.98 Å². The predicted molar refractivity (Wildman–Crippen MR) is 128 cm³/mol. The molecule has 7 nitrogen and oxygen atoms in total. The van der Waals surface area contributed by atoms with Gasteiger partial charge in [-0.25, -0.2) is 4.98 Å². The second kappa shape index (κ2) is 10.1. The molecule has 0 fully saturated rings. The molecule has 0 unspecified atom stereocenters. The number of amides is 2. The highest BCUT2D eigenvalue weighted by Gasteiger charge is 2.21. The van der Waals surface area contributed by atoms with Crippen LogP contribution in [0.15, 0.2) is 52.9 Å². The minimum Gasteiger partial charge on any atom is -0.283 e. The highest BCUT2D eigenvalue weighted by atomic mass is 32.2. The Labute approximate surface area is 193 Å². The first kappa shape index (κ1) is 22.3. The highest BCUT2D eigenvalue weighted by Crippen LogP contribution is 2.34. The number of aromatic nitrogens is 2. The topological polar surface area (TPSA) is 93.1 Å². The Hall–Kier alpha value is -2.91. The lowest BCUT2D eigenvalue weighted by Gasteiger charge is -2.11. The van der Waals surface area contributed by atoms with Crippen molar-refractivity contribution in [1.29, 1.82) is 0 Å². The number of nitrogens with one attached hydrogen (secondary N) is 2. The Morgan fingerprint density at radius 3 is 2.72 bits per heavy atom. The summed E-state index contributed by atoms with van der Waals surface area (Å²) in [4.78, 5) is 44.4. The van der Waals surface area contributed by atoms with E-state index in [1.54, 1.807) is 46.2 Å². The van der Waals surface area contributed by atoms with Crippen molar-refractivity contribution in [3.63, 3.8) is 0 Å². The van der Waals surface area contributed by atoms with Crippen molar-refractivity contribution in [1.82, 2.24) is 20.4 Å². The molecule has 0 bridgehead atoms. The molecule has 1 aromatic carbocycles. The van der Waals surface area contributed by atoms with E-state index in [0.717, 1.165) is 41.5 Å². The molecule has 2 heterocycles. The van der Waals surface area contributed by atoms with Gasteiger partial charge in [-0.15, -0.1) is 17.9 Å². The van der Waals surface area contributed by atoms with Gasteiger partial charge in [-0.05, 0) is 43.4 Å². The molecule has 4 rings (SSSR count). The Bertz CT molecular complexity index is 1220. The average Bonchev–Trinajstić information content (AvgIpc) is 2.99. The number of thioether (sulfide) groups is 1. The Morgan fingerprint density at radius 1 is 1.16 bits per heavy atom. The summed E-state index contributed by atoms with van der Waals surface area (Å²) in [7, 11) is 0. The number of benzene rings is 1. The van der Waals surface area contributed by atoms with Crippen LogP contribution in [0, 0.1) is 0 Å². The monoisotopic (exact) mass is 468 g/mol. The van der Waals surface area contributed by atoms with E-state index in [-0.39, 0.29) is 17.2 Å². The fourth-order valence-electron chi connectivity index (χ4n) is 3.75. The number of hydrazine groups is 1. The molecule has 0 radical (unpaired) electrons. The molecular formula is C23H24N4O3S2. The molecular weight excluding hydrogens is 444 g/mol. The van der Waals surface area contributed by atoms with Gasteiger partial charge in [0.1, 0.15) is 4.83 Å². The molecule has 0 atom stereocenters. The molecule has 0 aliphatic heterocycles. The van der Waals surface area contributed by atoms with Gasteiger partial charge >= 0.3 is 0 Å². The van der Waals surface area contributed by atoms with Gasteiger partial charge < -0.3 is 0 Å². The van der Waals surface area contributed by atoms with Crippen LogP contribution in [0.4, 0.5) is 0 Å². The number of nitrogens with zero attached hydrogens (tertiary/aromatic N) is 2. The number of fused-ring (bicyclic) bond motifs is 3. The van der Waals surface area contributed by atoms with Crippen LogP contribution in [0.5, 0.6) is 0 Å². The zero-order chi connectivity index (χ0) is 22.5. The molecule has 0 saturated heterocycles. The summed E-state index contributed by atoms with van der Waals surface area (Å²) in [6.07, 6.45) is 6.97. The van der Waals surface area contributed by atoms with Gasteiger partial charge in [0.05, 0.1) is 11.1 Å². The minimum atomic E-state index is -0.396. The number of carbonyl (C=O) groups is 2. The van der Waals surface area contributed by atoms with E-state index in [2.05, 4.69) is 17.4 Å². The molecule has 0 saturated carbocycles. The van der Waals surface area contributed by atoms with Crippen LogP contribution in [-0.4, -0.2) is 27.1 Å². The maximum Gasteiger partial charge on any atom is 0.269 e. The van der Waals surface area contributed by atoms with Gasteiger partial charge in [0.2, 0.25) is 5.91 Å². The molecule has 2 aromatic heterocycles. The molecule has 1 aliphatic rings. The summed E-state index contributed by atoms with van der Waals surface area (Å²) in [6, 6.07) is 8.62. The molecule has 32 heavy (non-hydrogen) atoms. The molecule has 9 heteroatoms. The third-order valence-electron chi connectivity index (χ3n) is 5.29.